The third kappa shape index (κ3) is 4.63. The summed E-state index contributed by atoms with van der Waals surface area (Å²) in [6.07, 6.45) is 0.272. The summed E-state index contributed by atoms with van der Waals surface area (Å²) in [5.74, 6) is -0.905. The smallest absolute Gasteiger partial charge is 0.303 e. The maximum Gasteiger partial charge on any atom is 0.303 e. The molecule has 0 saturated carbocycles. The van der Waals surface area contributed by atoms with Gasteiger partial charge in [0.1, 0.15) is 0 Å². The summed E-state index contributed by atoms with van der Waals surface area (Å²) in [4.78, 5) is 19.3. The number of carboxylic acids is 1. The maximum absolute atomic E-state index is 10.9. The third-order valence-corrected chi connectivity index (χ3v) is 2.80. The molecule has 84 valence electrons. The summed E-state index contributed by atoms with van der Waals surface area (Å²) >= 11 is 0. The van der Waals surface area contributed by atoms with E-state index in [0.29, 0.717) is 17.3 Å². The molecule has 4 nitrogen and oxygen atoms in total. The SMILES string of the molecule is O=C(O)CCc1ccccc1[PH](=O)O.[Fe]. The Labute approximate surface area is 98.7 Å². The van der Waals surface area contributed by atoms with Gasteiger partial charge in [0.15, 0.2) is 0 Å². The van der Waals surface area contributed by atoms with Gasteiger partial charge in [0.2, 0.25) is 8.03 Å². The Hall–Kier alpha value is -0.601. The van der Waals surface area contributed by atoms with Crippen LogP contribution >= 0.6 is 8.03 Å². The molecule has 0 aliphatic carbocycles. The Kier molecular flexibility index (Phi) is 6.53. The minimum atomic E-state index is -2.73. The van der Waals surface area contributed by atoms with E-state index in [1.165, 1.54) is 0 Å². The molecule has 1 atom stereocenters. The summed E-state index contributed by atoms with van der Waals surface area (Å²) < 4.78 is 10.9. The molecule has 0 amide bonds. The topological polar surface area (TPSA) is 74.6 Å². The Bertz CT molecular complexity index is 367. The van der Waals surface area contributed by atoms with Gasteiger partial charge in [-0.15, -0.1) is 0 Å². The van der Waals surface area contributed by atoms with E-state index in [-0.39, 0.29) is 23.5 Å². The second kappa shape index (κ2) is 6.80. The van der Waals surface area contributed by atoms with Crippen molar-refractivity contribution < 1.29 is 36.4 Å². The summed E-state index contributed by atoms with van der Waals surface area (Å²) in [7, 11) is -2.73. The Balaban J connectivity index is 0.00000196. The molecule has 0 spiro atoms. The molecule has 2 N–H and O–H groups in total. The molecule has 0 aliphatic heterocycles. The zero-order chi connectivity index (χ0) is 10.6. The first-order valence-electron chi connectivity index (χ1n) is 4.14. The van der Waals surface area contributed by atoms with E-state index in [1.54, 1.807) is 24.3 Å². The van der Waals surface area contributed by atoms with E-state index >= 15 is 0 Å². The summed E-state index contributed by atoms with van der Waals surface area (Å²) in [5, 5.41) is 8.83. The van der Waals surface area contributed by atoms with Crippen molar-refractivity contribution in [1.29, 1.82) is 0 Å². The van der Waals surface area contributed by atoms with E-state index in [4.69, 9.17) is 10.00 Å². The second-order valence-electron chi connectivity index (χ2n) is 2.86. The average Bonchev–Trinajstić information content (AvgIpc) is 2.15. The van der Waals surface area contributed by atoms with Gasteiger partial charge in [-0.05, 0) is 18.1 Å². The van der Waals surface area contributed by atoms with E-state index in [2.05, 4.69) is 0 Å². The standard InChI is InChI=1S/C9H11O4P.Fe/c10-9(11)6-5-7-3-1-2-4-8(7)14(12)13;/h1-4,14H,5-6H2,(H,10,11)(H,12,13);. The largest absolute Gasteiger partial charge is 0.481 e. The van der Waals surface area contributed by atoms with Crippen LogP contribution in [0.5, 0.6) is 0 Å². The van der Waals surface area contributed by atoms with Gasteiger partial charge in [-0.1, -0.05) is 18.2 Å². The van der Waals surface area contributed by atoms with Crippen LogP contribution < -0.4 is 5.30 Å². The quantitative estimate of drug-likeness (QED) is 0.626. The van der Waals surface area contributed by atoms with Gasteiger partial charge >= 0.3 is 5.97 Å². The zero-order valence-electron chi connectivity index (χ0n) is 7.79. The fourth-order valence-corrected chi connectivity index (χ4v) is 1.91. The first-order valence-corrected chi connectivity index (χ1v) is 5.50. The Morgan fingerprint density at radius 1 is 1.33 bits per heavy atom. The molecule has 0 bridgehead atoms. The number of hydrogen-bond acceptors (Lipinski definition) is 2. The van der Waals surface area contributed by atoms with Crippen molar-refractivity contribution >= 4 is 19.3 Å². The van der Waals surface area contributed by atoms with Gasteiger partial charge < -0.3 is 10.00 Å². The number of carbonyl (C=O) groups is 1. The van der Waals surface area contributed by atoms with Crippen molar-refractivity contribution in [3.63, 3.8) is 0 Å². The molecule has 0 heterocycles. The number of benzene rings is 1. The minimum absolute atomic E-state index is 0. The van der Waals surface area contributed by atoms with Gasteiger partial charge in [-0.2, -0.15) is 0 Å². The van der Waals surface area contributed by atoms with Crippen molar-refractivity contribution in [2.45, 2.75) is 12.8 Å². The van der Waals surface area contributed by atoms with Crippen LogP contribution in [0.25, 0.3) is 0 Å². The first-order chi connectivity index (χ1) is 6.61. The van der Waals surface area contributed by atoms with E-state index < -0.39 is 14.0 Å². The van der Waals surface area contributed by atoms with Crippen molar-refractivity contribution in [3.05, 3.63) is 29.8 Å². The number of aryl methyl sites for hydroxylation is 1. The molecular weight excluding hydrogens is 259 g/mol. The normalized spacial score (nSPS) is 11.5. The maximum atomic E-state index is 10.9. The van der Waals surface area contributed by atoms with Crippen LogP contribution in [-0.2, 0) is 32.8 Å². The zero-order valence-corrected chi connectivity index (χ0v) is 9.89. The summed E-state index contributed by atoms with van der Waals surface area (Å²) in [5.41, 5.74) is 0.640. The van der Waals surface area contributed by atoms with E-state index in [9.17, 15) is 9.36 Å². The van der Waals surface area contributed by atoms with Crippen LogP contribution in [0.4, 0.5) is 0 Å². The van der Waals surface area contributed by atoms with Gasteiger partial charge in [-0.25, -0.2) is 0 Å². The number of carboxylic acid groups (broad SMARTS) is 1. The van der Waals surface area contributed by atoms with Gasteiger partial charge in [-0.3, -0.25) is 9.36 Å². The Morgan fingerprint density at radius 3 is 2.47 bits per heavy atom. The van der Waals surface area contributed by atoms with Crippen molar-refractivity contribution in [2.24, 2.45) is 0 Å². The number of aliphatic carboxylic acids is 1. The molecule has 0 aromatic heterocycles. The second-order valence-corrected chi connectivity index (χ2v) is 4.01. The van der Waals surface area contributed by atoms with Crippen LogP contribution in [-0.4, -0.2) is 16.0 Å². The van der Waals surface area contributed by atoms with Gasteiger partial charge in [0, 0.05) is 28.8 Å². The van der Waals surface area contributed by atoms with Crippen LogP contribution in [0, 0.1) is 0 Å². The van der Waals surface area contributed by atoms with Crippen molar-refractivity contribution in [1.82, 2.24) is 0 Å². The van der Waals surface area contributed by atoms with Gasteiger partial charge in [0.05, 0.1) is 0 Å². The number of hydrogen-bond donors (Lipinski definition) is 2. The molecule has 1 rings (SSSR count). The van der Waals surface area contributed by atoms with Crippen LogP contribution in [0.3, 0.4) is 0 Å². The summed E-state index contributed by atoms with van der Waals surface area (Å²) in [6.45, 7) is 0. The van der Waals surface area contributed by atoms with Crippen LogP contribution in [0.1, 0.15) is 12.0 Å². The molecule has 1 unspecified atom stereocenters. The van der Waals surface area contributed by atoms with E-state index in [1.807, 2.05) is 0 Å². The number of rotatable bonds is 4. The molecule has 15 heavy (non-hydrogen) atoms. The van der Waals surface area contributed by atoms with E-state index in [0.717, 1.165) is 0 Å². The van der Waals surface area contributed by atoms with Gasteiger partial charge in [0.25, 0.3) is 0 Å². The molecular formula is C9H11FeO4P. The predicted molar refractivity (Wildman–Crippen MR) is 53.3 cm³/mol. The molecule has 1 aromatic rings. The molecule has 0 radical (unpaired) electrons. The van der Waals surface area contributed by atoms with Crippen molar-refractivity contribution in [2.75, 3.05) is 0 Å². The fourth-order valence-electron chi connectivity index (χ4n) is 1.19. The molecule has 0 saturated heterocycles. The monoisotopic (exact) mass is 270 g/mol. The minimum Gasteiger partial charge on any atom is -0.481 e. The first kappa shape index (κ1) is 14.4. The van der Waals surface area contributed by atoms with Crippen LogP contribution in [0.2, 0.25) is 0 Å². The molecule has 6 heteroatoms. The average molecular weight is 270 g/mol. The Morgan fingerprint density at radius 2 is 1.93 bits per heavy atom. The molecule has 0 aliphatic rings. The fraction of sp³-hybridized carbons (Fsp3) is 0.222. The summed E-state index contributed by atoms with van der Waals surface area (Å²) in [6, 6.07) is 6.62. The van der Waals surface area contributed by atoms with Crippen LogP contribution in [0.15, 0.2) is 24.3 Å². The molecule has 0 fully saturated rings. The predicted octanol–water partition coefficient (Wildman–Crippen LogP) is 0.794. The molecule has 1 aromatic carbocycles. The van der Waals surface area contributed by atoms with Crippen molar-refractivity contribution in [3.8, 4) is 0 Å². The third-order valence-electron chi connectivity index (χ3n) is 1.86.